The zero-order valence-corrected chi connectivity index (χ0v) is 13.8. The molecule has 21 heavy (non-hydrogen) atoms. The van der Waals surface area contributed by atoms with Crippen molar-refractivity contribution in [1.82, 2.24) is 10.6 Å². The van der Waals surface area contributed by atoms with Crippen LogP contribution >= 0.6 is 0 Å². The minimum absolute atomic E-state index is 0.0351. The minimum atomic E-state index is -0.918. The summed E-state index contributed by atoms with van der Waals surface area (Å²) in [5.74, 6) is -0.918. The summed E-state index contributed by atoms with van der Waals surface area (Å²) in [5.41, 5.74) is -0.434. The fraction of sp³-hybridized carbons (Fsp3) is 0.867. The number of nitrogens with one attached hydrogen (secondary N) is 2. The van der Waals surface area contributed by atoms with Gasteiger partial charge in [-0.3, -0.25) is 4.79 Å². The van der Waals surface area contributed by atoms with Gasteiger partial charge in [0.05, 0.1) is 12.5 Å². The molecule has 3 unspecified atom stereocenters. The summed E-state index contributed by atoms with van der Waals surface area (Å²) in [4.78, 5) is 23.0. The smallest absolute Gasteiger partial charge is 0.315 e. The number of carbonyl (C=O) groups excluding carboxylic acids is 1. The van der Waals surface area contributed by atoms with E-state index in [9.17, 15) is 9.59 Å². The maximum Gasteiger partial charge on any atom is 0.315 e. The molecule has 3 N–H and O–H groups in total. The number of carboxylic acid groups (broad SMARTS) is 1. The SMILES string of the molecule is COC1CC(NC(=O)NC(CC(=O)O)C(C)(C)C)C1(C)C. The minimum Gasteiger partial charge on any atom is -0.481 e. The van der Waals surface area contributed by atoms with E-state index in [0.717, 1.165) is 6.42 Å². The largest absolute Gasteiger partial charge is 0.481 e. The molecule has 6 heteroatoms. The number of rotatable bonds is 5. The average molecular weight is 300 g/mol. The number of carbonyl (C=O) groups is 2. The predicted octanol–water partition coefficient (Wildman–Crippen LogP) is 1.99. The highest BCUT2D eigenvalue weighted by Crippen LogP contribution is 2.42. The number of urea groups is 1. The standard InChI is InChI=1S/C15H28N2O4/c1-14(2,3)9(8-12(18)19)16-13(20)17-10-7-11(21-6)15(10,4)5/h9-11H,7-8H2,1-6H3,(H,18,19)(H2,16,17,20). The van der Waals surface area contributed by atoms with E-state index in [1.807, 2.05) is 34.6 Å². The summed E-state index contributed by atoms with van der Waals surface area (Å²) in [5, 5.41) is 14.7. The van der Waals surface area contributed by atoms with Crippen molar-refractivity contribution < 1.29 is 19.4 Å². The Morgan fingerprint density at radius 1 is 1.38 bits per heavy atom. The molecule has 2 amide bonds. The maximum atomic E-state index is 12.1. The zero-order chi connectivity index (χ0) is 16.4. The summed E-state index contributed by atoms with van der Waals surface area (Å²) >= 11 is 0. The summed E-state index contributed by atoms with van der Waals surface area (Å²) in [7, 11) is 1.67. The van der Waals surface area contributed by atoms with Gasteiger partial charge in [0.25, 0.3) is 0 Å². The highest BCUT2D eigenvalue weighted by atomic mass is 16.5. The lowest BCUT2D eigenvalue weighted by Gasteiger charge is -2.51. The zero-order valence-electron chi connectivity index (χ0n) is 13.8. The van der Waals surface area contributed by atoms with Crippen LogP contribution < -0.4 is 10.6 Å². The first-order valence-electron chi connectivity index (χ1n) is 7.30. The lowest BCUT2D eigenvalue weighted by atomic mass is 9.64. The van der Waals surface area contributed by atoms with Crippen LogP contribution in [0.15, 0.2) is 0 Å². The van der Waals surface area contributed by atoms with Crippen molar-refractivity contribution in [3.63, 3.8) is 0 Å². The van der Waals surface area contributed by atoms with E-state index < -0.39 is 12.0 Å². The molecule has 1 aliphatic rings. The van der Waals surface area contributed by atoms with Gasteiger partial charge in [-0.2, -0.15) is 0 Å². The number of methoxy groups -OCH3 is 1. The summed E-state index contributed by atoms with van der Waals surface area (Å²) in [6.07, 6.45) is 0.821. The van der Waals surface area contributed by atoms with Gasteiger partial charge in [0.15, 0.2) is 0 Å². The van der Waals surface area contributed by atoms with Crippen LogP contribution in [0.2, 0.25) is 0 Å². The van der Waals surface area contributed by atoms with E-state index in [-0.39, 0.29) is 35.4 Å². The van der Waals surface area contributed by atoms with Crippen LogP contribution in [0.1, 0.15) is 47.5 Å². The highest BCUT2D eigenvalue weighted by molar-refractivity contribution is 5.76. The van der Waals surface area contributed by atoms with Gasteiger partial charge in [0, 0.05) is 24.6 Å². The molecule has 0 aliphatic heterocycles. The summed E-state index contributed by atoms with van der Waals surface area (Å²) in [6.45, 7) is 9.83. The molecule has 0 heterocycles. The molecule has 0 saturated heterocycles. The van der Waals surface area contributed by atoms with Crippen molar-refractivity contribution in [3.05, 3.63) is 0 Å². The third-order valence-electron chi connectivity index (χ3n) is 4.50. The Balaban J connectivity index is 2.58. The fourth-order valence-corrected chi connectivity index (χ4v) is 2.64. The fourth-order valence-electron chi connectivity index (χ4n) is 2.64. The number of amides is 2. The van der Waals surface area contributed by atoms with E-state index >= 15 is 0 Å². The topological polar surface area (TPSA) is 87.7 Å². The normalized spacial score (nSPS) is 25.6. The average Bonchev–Trinajstić information content (AvgIpc) is 2.31. The van der Waals surface area contributed by atoms with Crippen LogP contribution in [0.5, 0.6) is 0 Å². The van der Waals surface area contributed by atoms with E-state index in [4.69, 9.17) is 9.84 Å². The number of ether oxygens (including phenoxy) is 1. The molecule has 1 saturated carbocycles. The monoisotopic (exact) mass is 300 g/mol. The Bertz CT molecular complexity index is 401. The van der Waals surface area contributed by atoms with Crippen LogP contribution in [0, 0.1) is 10.8 Å². The Labute approximate surface area is 126 Å². The first-order valence-corrected chi connectivity index (χ1v) is 7.30. The maximum absolute atomic E-state index is 12.1. The molecule has 0 aromatic rings. The summed E-state index contributed by atoms with van der Waals surface area (Å²) < 4.78 is 5.35. The second-order valence-electron chi connectivity index (χ2n) is 7.47. The molecule has 0 bridgehead atoms. The van der Waals surface area contributed by atoms with Crippen LogP contribution in [-0.2, 0) is 9.53 Å². The van der Waals surface area contributed by atoms with E-state index in [1.165, 1.54) is 0 Å². The van der Waals surface area contributed by atoms with Gasteiger partial charge >= 0.3 is 12.0 Å². The van der Waals surface area contributed by atoms with Gasteiger partial charge in [0.2, 0.25) is 0 Å². The van der Waals surface area contributed by atoms with Crippen LogP contribution in [0.4, 0.5) is 4.79 Å². The lowest BCUT2D eigenvalue weighted by molar-refractivity contribution is -0.138. The van der Waals surface area contributed by atoms with Crippen molar-refractivity contribution in [2.75, 3.05) is 7.11 Å². The van der Waals surface area contributed by atoms with Crippen LogP contribution in [-0.4, -0.2) is 42.4 Å². The molecule has 6 nitrogen and oxygen atoms in total. The third kappa shape index (κ3) is 4.33. The van der Waals surface area contributed by atoms with Crippen LogP contribution in [0.25, 0.3) is 0 Å². The van der Waals surface area contributed by atoms with E-state index in [1.54, 1.807) is 7.11 Å². The third-order valence-corrected chi connectivity index (χ3v) is 4.50. The Kier molecular flexibility index (Phi) is 5.25. The van der Waals surface area contributed by atoms with Gasteiger partial charge in [0.1, 0.15) is 0 Å². The molecule has 122 valence electrons. The lowest BCUT2D eigenvalue weighted by Crippen LogP contribution is -2.64. The van der Waals surface area contributed by atoms with Gasteiger partial charge in [-0.15, -0.1) is 0 Å². The molecule has 0 radical (unpaired) electrons. The Hall–Kier alpha value is -1.30. The first-order chi connectivity index (χ1) is 9.48. The highest BCUT2D eigenvalue weighted by Gasteiger charge is 2.49. The van der Waals surface area contributed by atoms with Gasteiger partial charge in [-0.1, -0.05) is 34.6 Å². The van der Waals surface area contributed by atoms with Crippen molar-refractivity contribution >= 4 is 12.0 Å². The van der Waals surface area contributed by atoms with E-state index in [2.05, 4.69) is 10.6 Å². The molecular formula is C15H28N2O4. The van der Waals surface area contributed by atoms with Crippen molar-refractivity contribution in [2.24, 2.45) is 10.8 Å². The molecular weight excluding hydrogens is 272 g/mol. The van der Waals surface area contributed by atoms with Crippen molar-refractivity contribution in [2.45, 2.75) is 65.6 Å². The molecule has 0 aromatic heterocycles. The number of carboxylic acids is 1. The summed E-state index contributed by atoms with van der Waals surface area (Å²) in [6, 6.07) is -0.701. The molecule has 1 rings (SSSR count). The molecule has 3 atom stereocenters. The second-order valence-corrected chi connectivity index (χ2v) is 7.47. The quantitative estimate of drug-likeness (QED) is 0.724. The Morgan fingerprint density at radius 3 is 2.33 bits per heavy atom. The van der Waals surface area contributed by atoms with Gasteiger partial charge < -0.3 is 20.5 Å². The molecule has 1 fully saturated rings. The first kappa shape index (κ1) is 17.8. The van der Waals surface area contributed by atoms with Crippen LogP contribution in [0.3, 0.4) is 0 Å². The second kappa shape index (κ2) is 6.22. The number of hydrogen-bond donors (Lipinski definition) is 3. The predicted molar refractivity (Wildman–Crippen MR) is 80.1 cm³/mol. The molecule has 0 aromatic carbocycles. The number of hydrogen-bond acceptors (Lipinski definition) is 3. The molecule has 0 spiro atoms. The van der Waals surface area contributed by atoms with Crippen molar-refractivity contribution in [3.8, 4) is 0 Å². The molecule has 1 aliphatic carbocycles. The van der Waals surface area contributed by atoms with E-state index in [0.29, 0.717) is 0 Å². The Morgan fingerprint density at radius 2 is 1.95 bits per heavy atom. The number of aliphatic carboxylic acids is 1. The van der Waals surface area contributed by atoms with Gasteiger partial charge in [-0.05, 0) is 11.8 Å². The van der Waals surface area contributed by atoms with Crippen molar-refractivity contribution in [1.29, 1.82) is 0 Å². The van der Waals surface area contributed by atoms with Gasteiger partial charge in [-0.25, -0.2) is 4.79 Å².